The first-order valence-corrected chi connectivity index (χ1v) is 8.92. The Labute approximate surface area is 168 Å². The molecule has 2 aromatic carbocycles. The van der Waals surface area contributed by atoms with Gasteiger partial charge in [-0.05, 0) is 43.7 Å². The summed E-state index contributed by atoms with van der Waals surface area (Å²) in [7, 11) is 3.14. The zero-order valence-electron chi connectivity index (χ0n) is 16.7. The molecule has 0 bridgehead atoms. The van der Waals surface area contributed by atoms with Gasteiger partial charge in [0.15, 0.2) is 11.5 Å². The van der Waals surface area contributed by atoms with Crippen molar-refractivity contribution in [2.45, 2.75) is 13.8 Å². The number of aromatic amines is 1. The summed E-state index contributed by atoms with van der Waals surface area (Å²) in [5.74, 6) is 1.34. The Balaban J connectivity index is 1.78. The van der Waals surface area contributed by atoms with Crippen LogP contribution in [0.4, 0.5) is 5.69 Å². The Morgan fingerprint density at radius 2 is 1.66 bits per heavy atom. The number of H-pyrrole nitrogens is 1. The number of rotatable bonds is 6. The molecule has 3 rings (SSSR count). The number of aromatic nitrogens is 1. The third-order valence-corrected chi connectivity index (χ3v) is 4.29. The highest BCUT2D eigenvalue weighted by Gasteiger charge is 2.13. The molecule has 8 heteroatoms. The van der Waals surface area contributed by atoms with Crippen molar-refractivity contribution in [2.75, 3.05) is 19.5 Å². The van der Waals surface area contributed by atoms with Crippen LogP contribution < -0.4 is 20.5 Å². The molecule has 0 saturated carbocycles. The van der Waals surface area contributed by atoms with Crippen LogP contribution in [0.1, 0.15) is 29.9 Å². The van der Waals surface area contributed by atoms with Crippen molar-refractivity contribution < 1.29 is 14.3 Å². The first-order chi connectivity index (χ1) is 13.9. The zero-order valence-corrected chi connectivity index (χ0v) is 16.7. The van der Waals surface area contributed by atoms with Crippen molar-refractivity contribution in [2.24, 2.45) is 15.9 Å². The average Bonchev–Trinajstić information content (AvgIpc) is 3.14. The monoisotopic (exact) mass is 393 g/mol. The number of nitrogens with one attached hydrogen (secondary N) is 2. The maximum absolute atomic E-state index is 12.6. The van der Waals surface area contributed by atoms with Crippen LogP contribution in [0.2, 0.25) is 0 Å². The maximum Gasteiger partial charge on any atom is 0.272 e. The van der Waals surface area contributed by atoms with Gasteiger partial charge in [0.05, 0.1) is 19.9 Å². The van der Waals surface area contributed by atoms with Gasteiger partial charge in [-0.15, -0.1) is 5.10 Å². The van der Waals surface area contributed by atoms with E-state index in [0.29, 0.717) is 28.7 Å². The SMILES string of the molecule is COc1cc2cc(C(=O)Nc3ccc(/C(C)=N\N=C(C)N)cc3)[nH]c2cc1OC. The molecule has 0 spiro atoms. The molecule has 1 aromatic heterocycles. The molecule has 1 amide bonds. The van der Waals surface area contributed by atoms with Gasteiger partial charge in [0.1, 0.15) is 11.5 Å². The summed E-state index contributed by atoms with van der Waals surface area (Å²) in [6.45, 7) is 3.51. The maximum atomic E-state index is 12.6. The molecule has 0 radical (unpaired) electrons. The van der Waals surface area contributed by atoms with Crippen molar-refractivity contribution >= 4 is 34.0 Å². The van der Waals surface area contributed by atoms with Crippen molar-refractivity contribution in [3.05, 3.63) is 53.7 Å². The number of amidine groups is 1. The minimum atomic E-state index is -0.249. The number of hydrogen-bond acceptors (Lipinski definition) is 5. The molecule has 0 aliphatic heterocycles. The highest BCUT2D eigenvalue weighted by atomic mass is 16.5. The molecule has 3 aromatic rings. The van der Waals surface area contributed by atoms with Gasteiger partial charge in [-0.1, -0.05) is 12.1 Å². The summed E-state index contributed by atoms with van der Waals surface area (Å²) in [4.78, 5) is 15.7. The fourth-order valence-electron chi connectivity index (χ4n) is 2.79. The average molecular weight is 393 g/mol. The van der Waals surface area contributed by atoms with Crippen molar-refractivity contribution in [3.8, 4) is 11.5 Å². The van der Waals surface area contributed by atoms with Crippen LogP contribution in [0.25, 0.3) is 10.9 Å². The summed E-state index contributed by atoms with van der Waals surface area (Å²) < 4.78 is 10.6. The Morgan fingerprint density at radius 1 is 1.00 bits per heavy atom. The fraction of sp³-hybridized carbons (Fsp3) is 0.190. The molecule has 150 valence electrons. The zero-order chi connectivity index (χ0) is 21.0. The van der Waals surface area contributed by atoms with E-state index in [2.05, 4.69) is 20.5 Å². The molecule has 29 heavy (non-hydrogen) atoms. The Hall–Kier alpha value is -3.81. The minimum Gasteiger partial charge on any atom is -0.493 e. The Kier molecular flexibility index (Phi) is 5.82. The van der Waals surface area contributed by atoms with E-state index in [1.807, 2.05) is 25.1 Å². The number of carbonyl (C=O) groups is 1. The summed E-state index contributed by atoms with van der Waals surface area (Å²) in [6, 6.07) is 12.7. The number of carbonyl (C=O) groups excluding carboxylic acids is 1. The number of fused-ring (bicyclic) bond motifs is 1. The highest BCUT2D eigenvalue weighted by molar-refractivity contribution is 6.06. The number of hydrogen-bond donors (Lipinski definition) is 3. The van der Waals surface area contributed by atoms with Crippen LogP contribution in [0.3, 0.4) is 0 Å². The molecule has 8 nitrogen and oxygen atoms in total. The Bertz CT molecular complexity index is 1050. The van der Waals surface area contributed by atoms with Gasteiger partial charge in [0, 0.05) is 22.7 Å². The number of benzene rings is 2. The summed E-state index contributed by atoms with van der Waals surface area (Å²) >= 11 is 0. The third-order valence-electron chi connectivity index (χ3n) is 4.29. The van der Waals surface area contributed by atoms with Crippen LogP contribution in [0.15, 0.2) is 52.7 Å². The standard InChI is InChI=1S/C21H23N5O3/c1-12(25-26-13(2)22)14-5-7-16(8-6-14)23-21(27)18-9-15-10-19(28-3)20(29-4)11-17(15)24-18/h5-11,24H,1-4H3,(H2,22,26)(H,23,27)/b25-12-. The lowest BCUT2D eigenvalue weighted by Gasteiger charge is -2.06. The molecule has 4 N–H and O–H groups in total. The first kappa shape index (κ1) is 19.9. The smallest absolute Gasteiger partial charge is 0.272 e. The summed E-state index contributed by atoms with van der Waals surface area (Å²) in [6.07, 6.45) is 0. The molecule has 0 atom stereocenters. The van der Waals surface area contributed by atoms with E-state index in [4.69, 9.17) is 15.2 Å². The van der Waals surface area contributed by atoms with E-state index >= 15 is 0 Å². The van der Waals surface area contributed by atoms with E-state index < -0.39 is 0 Å². The van der Waals surface area contributed by atoms with Gasteiger partial charge >= 0.3 is 0 Å². The minimum absolute atomic E-state index is 0.249. The van der Waals surface area contributed by atoms with Crippen LogP contribution >= 0.6 is 0 Å². The number of methoxy groups -OCH3 is 2. The molecule has 0 aliphatic carbocycles. The van der Waals surface area contributed by atoms with E-state index in [9.17, 15) is 4.79 Å². The molecule has 0 fully saturated rings. The molecular formula is C21H23N5O3. The first-order valence-electron chi connectivity index (χ1n) is 8.92. The lowest BCUT2D eigenvalue weighted by molar-refractivity contribution is 0.102. The highest BCUT2D eigenvalue weighted by Crippen LogP contribution is 2.32. The van der Waals surface area contributed by atoms with Crippen molar-refractivity contribution in [1.82, 2.24) is 4.98 Å². The van der Waals surface area contributed by atoms with E-state index in [0.717, 1.165) is 22.2 Å². The van der Waals surface area contributed by atoms with Gasteiger partial charge in [0.25, 0.3) is 5.91 Å². The number of amides is 1. The van der Waals surface area contributed by atoms with Crippen molar-refractivity contribution in [1.29, 1.82) is 0 Å². The second-order valence-electron chi connectivity index (χ2n) is 6.44. The number of nitrogens with zero attached hydrogens (tertiary/aromatic N) is 2. The second kappa shape index (κ2) is 8.47. The lowest BCUT2D eigenvalue weighted by Crippen LogP contribution is -2.12. The van der Waals surface area contributed by atoms with Gasteiger partial charge in [0.2, 0.25) is 0 Å². The molecule has 1 heterocycles. The lowest BCUT2D eigenvalue weighted by atomic mass is 10.1. The van der Waals surface area contributed by atoms with Gasteiger partial charge in [-0.3, -0.25) is 4.79 Å². The predicted molar refractivity (Wildman–Crippen MR) is 115 cm³/mol. The molecular weight excluding hydrogens is 370 g/mol. The second-order valence-corrected chi connectivity index (χ2v) is 6.44. The summed E-state index contributed by atoms with van der Waals surface area (Å²) in [5.41, 5.74) is 8.99. The predicted octanol–water partition coefficient (Wildman–Crippen LogP) is 3.54. The quantitative estimate of drug-likeness (QED) is 0.338. The van der Waals surface area contributed by atoms with Gasteiger partial charge in [-0.25, -0.2) is 0 Å². The van der Waals surface area contributed by atoms with E-state index in [1.165, 1.54) is 0 Å². The van der Waals surface area contributed by atoms with Crippen molar-refractivity contribution in [3.63, 3.8) is 0 Å². The molecule has 0 saturated heterocycles. The number of ether oxygens (including phenoxy) is 2. The van der Waals surface area contributed by atoms with Crippen LogP contribution in [0.5, 0.6) is 11.5 Å². The molecule has 0 aliphatic rings. The van der Waals surface area contributed by atoms with E-state index in [1.54, 1.807) is 45.4 Å². The fourth-order valence-corrected chi connectivity index (χ4v) is 2.79. The van der Waals surface area contributed by atoms with Gasteiger partial charge in [-0.2, -0.15) is 5.10 Å². The van der Waals surface area contributed by atoms with E-state index in [-0.39, 0.29) is 5.91 Å². The molecule has 0 unspecified atom stereocenters. The third kappa shape index (κ3) is 4.55. The Morgan fingerprint density at radius 3 is 2.28 bits per heavy atom. The topological polar surface area (TPSA) is 114 Å². The van der Waals surface area contributed by atoms with Gasteiger partial charge < -0.3 is 25.5 Å². The largest absolute Gasteiger partial charge is 0.493 e. The van der Waals surface area contributed by atoms with Crippen LogP contribution in [-0.2, 0) is 0 Å². The summed E-state index contributed by atoms with van der Waals surface area (Å²) in [5, 5.41) is 11.6. The normalized spacial score (nSPS) is 12.1. The van der Waals surface area contributed by atoms with Crippen LogP contribution in [0, 0.1) is 0 Å². The van der Waals surface area contributed by atoms with Crippen LogP contribution in [-0.4, -0.2) is 36.7 Å². The number of nitrogens with two attached hydrogens (primary N) is 1. The number of anilines is 1.